The lowest BCUT2D eigenvalue weighted by atomic mass is 10.3. The van der Waals surface area contributed by atoms with Crippen molar-refractivity contribution in [3.8, 4) is 0 Å². The Morgan fingerprint density at radius 1 is 1.17 bits per heavy atom. The maximum absolute atomic E-state index is 12.1. The van der Waals surface area contributed by atoms with Crippen LogP contribution in [0.3, 0.4) is 0 Å². The summed E-state index contributed by atoms with van der Waals surface area (Å²) in [6.45, 7) is 0.260. The summed E-state index contributed by atoms with van der Waals surface area (Å²) in [4.78, 5) is 24.0. The number of carbonyl (C=O) groups excluding carboxylic acids is 2. The molecule has 0 atom stereocenters. The Morgan fingerprint density at radius 2 is 1.96 bits per heavy atom. The Hall–Kier alpha value is -3.29. The van der Waals surface area contributed by atoms with Gasteiger partial charge in [0.25, 0.3) is 11.8 Å². The summed E-state index contributed by atoms with van der Waals surface area (Å²) < 4.78 is 11.6. The number of hydrogen-bond donors (Lipinski definition) is 2. The van der Waals surface area contributed by atoms with Crippen molar-refractivity contribution in [2.45, 2.75) is 6.54 Å². The number of aryl methyl sites for hydroxylation is 1. The van der Waals surface area contributed by atoms with Crippen LogP contribution in [0, 0.1) is 0 Å². The van der Waals surface area contributed by atoms with Gasteiger partial charge in [-0.15, -0.1) is 0 Å². The molecule has 0 spiro atoms. The number of anilines is 1. The molecule has 0 unspecified atom stereocenters. The summed E-state index contributed by atoms with van der Waals surface area (Å²) in [5.41, 5.74) is 0.189. The molecule has 3 rings (SSSR count). The maximum Gasteiger partial charge on any atom is 0.292 e. The maximum atomic E-state index is 12.1. The largest absolute Gasteiger partial charge is 0.467 e. The molecule has 0 fully saturated rings. The van der Waals surface area contributed by atoms with Gasteiger partial charge in [-0.05, 0) is 24.3 Å². The van der Waals surface area contributed by atoms with Gasteiger partial charge in [0, 0.05) is 13.1 Å². The van der Waals surface area contributed by atoms with Crippen LogP contribution in [0.5, 0.6) is 0 Å². The molecule has 8 heteroatoms. The van der Waals surface area contributed by atoms with Gasteiger partial charge in [-0.1, -0.05) is 0 Å². The van der Waals surface area contributed by atoms with E-state index in [2.05, 4.69) is 15.7 Å². The molecular weight excluding hydrogens is 300 g/mol. The van der Waals surface area contributed by atoms with Crippen molar-refractivity contribution in [2.24, 2.45) is 7.05 Å². The molecule has 3 heterocycles. The van der Waals surface area contributed by atoms with Gasteiger partial charge in [0.2, 0.25) is 0 Å². The van der Waals surface area contributed by atoms with Crippen LogP contribution >= 0.6 is 0 Å². The standard InChI is InChI=1S/C15H14N4O4/c1-19-13(17-15(21)12-5-3-7-23-12)8-11(18-19)14(20)16-9-10-4-2-6-22-10/h2-8H,9H2,1H3,(H,16,20)(H,17,21). The third-order valence-corrected chi connectivity index (χ3v) is 3.10. The van der Waals surface area contributed by atoms with Crippen LogP contribution in [0.4, 0.5) is 5.82 Å². The Balaban J connectivity index is 1.65. The van der Waals surface area contributed by atoms with Crippen LogP contribution in [-0.4, -0.2) is 21.6 Å². The Bertz CT molecular complexity index is 803. The molecule has 0 aliphatic carbocycles. The van der Waals surface area contributed by atoms with Crippen molar-refractivity contribution in [1.29, 1.82) is 0 Å². The van der Waals surface area contributed by atoms with E-state index >= 15 is 0 Å². The molecule has 0 saturated carbocycles. The molecule has 2 amide bonds. The number of nitrogens with one attached hydrogen (secondary N) is 2. The number of nitrogens with zero attached hydrogens (tertiary/aromatic N) is 2. The lowest BCUT2D eigenvalue weighted by Crippen LogP contribution is -2.23. The second-order valence-corrected chi connectivity index (χ2v) is 4.73. The average Bonchev–Trinajstić information content (AvgIpc) is 3.27. The highest BCUT2D eigenvalue weighted by atomic mass is 16.3. The molecule has 0 radical (unpaired) electrons. The third kappa shape index (κ3) is 3.31. The zero-order valence-electron chi connectivity index (χ0n) is 12.3. The number of hydrogen-bond acceptors (Lipinski definition) is 5. The summed E-state index contributed by atoms with van der Waals surface area (Å²) in [7, 11) is 1.63. The van der Waals surface area contributed by atoms with E-state index in [1.54, 1.807) is 31.3 Å². The minimum atomic E-state index is -0.416. The Kier molecular flexibility index (Phi) is 3.96. The zero-order chi connectivity index (χ0) is 16.2. The first-order valence-corrected chi connectivity index (χ1v) is 6.83. The minimum absolute atomic E-state index is 0.176. The molecule has 3 aromatic heterocycles. The lowest BCUT2D eigenvalue weighted by molar-refractivity contribution is 0.0941. The molecule has 0 aromatic carbocycles. The predicted molar refractivity (Wildman–Crippen MR) is 79.7 cm³/mol. The van der Waals surface area contributed by atoms with Crippen molar-refractivity contribution in [3.63, 3.8) is 0 Å². The predicted octanol–water partition coefficient (Wildman–Crippen LogP) is 1.79. The second-order valence-electron chi connectivity index (χ2n) is 4.73. The van der Waals surface area contributed by atoms with Gasteiger partial charge in [0.1, 0.15) is 11.6 Å². The van der Waals surface area contributed by atoms with E-state index in [1.807, 2.05) is 0 Å². The van der Waals surface area contributed by atoms with E-state index in [0.717, 1.165) is 0 Å². The Labute approximate surface area is 131 Å². The van der Waals surface area contributed by atoms with Crippen molar-refractivity contribution < 1.29 is 18.4 Å². The van der Waals surface area contributed by atoms with Gasteiger partial charge in [0.05, 0.1) is 19.1 Å². The molecule has 3 aromatic rings. The fraction of sp³-hybridized carbons (Fsp3) is 0.133. The summed E-state index contributed by atoms with van der Waals surface area (Å²) >= 11 is 0. The molecule has 0 saturated heterocycles. The SMILES string of the molecule is Cn1nc(C(=O)NCc2ccco2)cc1NC(=O)c1ccco1. The number of rotatable bonds is 5. The van der Waals surface area contributed by atoms with E-state index in [9.17, 15) is 9.59 Å². The fourth-order valence-electron chi connectivity index (χ4n) is 1.95. The number of aromatic nitrogens is 2. The zero-order valence-corrected chi connectivity index (χ0v) is 12.3. The van der Waals surface area contributed by atoms with Crippen molar-refractivity contribution in [2.75, 3.05) is 5.32 Å². The van der Waals surface area contributed by atoms with Crippen LogP contribution in [0.1, 0.15) is 26.8 Å². The van der Waals surface area contributed by atoms with Gasteiger partial charge in [-0.25, -0.2) is 0 Å². The minimum Gasteiger partial charge on any atom is -0.467 e. The molecule has 0 aliphatic rings. The number of carbonyl (C=O) groups is 2. The van der Waals surface area contributed by atoms with Crippen LogP contribution < -0.4 is 10.6 Å². The van der Waals surface area contributed by atoms with Crippen LogP contribution in [0.15, 0.2) is 51.7 Å². The van der Waals surface area contributed by atoms with Crippen LogP contribution in [0.25, 0.3) is 0 Å². The van der Waals surface area contributed by atoms with Gasteiger partial charge in [0.15, 0.2) is 11.5 Å². The van der Waals surface area contributed by atoms with Gasteiger partial charge < -0.3 is 19.5 Å². The molecule has 2 N–H and O–H groups in total. The van der Waals surface area contributed by atoms with Crippen molar-refractivity contribution in [3.05, 3.63) is 60.1 Å². The summed E-state index contributed by atoms with van der Waals surface area (Å²) in [6, 6.07) is 8.14. The first-order valence-electron chi connectivity index (χ1n) is 6.83. The van der Waals surface area contributed by atoms with Crippen molar-refractivity contribution in [1.82, 2.24) is 15.1 Å². The molecule has 0 aliphatic heterocycles. The van der Waals surface area contributed by atoms with Crippen LogP contribution in [-0.2, 0) is 13.6 Å². The normalized spacial score (nSPS) is 10.5. The van der Waals surface area contributed by atoms with E-state index in [0.29, 0.717) is 11.6 Å². The topological polar surface area (TPSA) is 102 Å². The lowest BCUT2D eigenvalue weighted by Gasteiger charge is -2.01. The molecule has 0 bridgehead atoms. The van der Waals surface area contributed by atoms with Gasteiger partial charge in [-0.2, -0.15) is 5.10 Å². The summed E-state index contributed by atoms with van der Waals surface area (Å²) in [5.74, 6) is 0.418. The third-order valence-electron chi connectivity index (χ3n) is 3.10. The highest BCUT2D eigenvalue weighted by Crippen LogP contribution is 2.12. The molecule has 23 heavy (non-hydrogen) atoms. The van der Waals surface area contributed by atoms with Gasteiger partial charge in [-0.3, -0.25) is 14.3 Å². The van der Waals surface area contributed by atoms with Gasteiger partial charge >= 0.3 is 0 Å². The average molecular weight is 314 g/mol. The van der Waals surface area contributed by atoms with E-state index < -0.39 is 5.91 Å². The molecule has 8 nitrogen and oxygen atoms in total. The number of amides is 2. The monoisotopic (exact) mass is 314 g/mol. The highest BCUT2D eigenvalue weighted by molar-refractivity contribution is 6.02. The second kappa shape index (κ2) is 6.22. The fourth-order valence-corrected chi connectivity index (χ4v) is 1.95. The smallest absolute Gasteiger partial charge is 0.292 e. The first kappa shape index (κ1) is 14.6. The quantitative estimate of drug-likeness (QED) is 0.747. The van der Waals surface area contributed by atoms with E-state index in [-0.39, 0.29) is 23.9 Å². The van der Waals surface area contributed by atoms with E-state index in [4.69, 9.17) is 8.83 Å². The first-order chi connectivity index (χ1) is 11.1. The number of furan rings is 2. The molecule has 118 valence electrons. The van der Waals surface area contributed by atoms with Crippen molar-refractivity contribution >= 4 is 17.6 Å². The van der Waals surface area contributed by atoms with E-state index in [1.165, 1.54) is 23.3 Å². The molecular formula is C15H14N4O4. The Morgan fingerprint density at radius 3 is 2.65 bits per heavy atom. The highest BCUT2D eigenvalue weighted by Gasteiger charge is 2.16. The summed E-state index contributed by atoms with van der Waals surface area (Å²) in [5, 5.41) is 9.38. The summed E-state index contributed by atoms with van der Waals surface area (Å²) in [6.07, 6.45) is 2.94. The van der Waals surface area contributed by atoms with Crippen LogP contribution in [0.2, 0.25) is 0 Å².